The molecule has 0 saturated heterocycles. The fourth-order valence-corrected chi connectivity index (χ4v) is 6.66. The van der Waals surface area contributed by atoms with E-state index in [1.54, 1.807) is 0 Å². The van der Waals surface area contributed by atoms with Crippen LogP contribution in [-0.2, 0) is 0 Å². The van der Waals surface area contributed by atoms with Crippen LogP contribution in [-0.4, -0.2) is 6.61 Å². The number of alkyl halides is 2. The monoisotopic (exact) mass is 440 g/mol. The van der Waals surface area contributed by atoms with Gasteiger partial charge in [0.2, 0.25) is 0 Å². The quantitative estimate of drug-likeness (QED) is 0.403. The third-order valence-electron chi connectivity index (χ3n) is 8.54. The van der Waals surface area contributed by atoms with E-state index in [1.165, 1.54) is 69.9 Å². The first kappa shape index (κ1) is 22.9. The Morgan fingerprint density at radius 1 is 0.806 bits per heavy atom. The Hall–Kier alpha value is -1.26. The van der Waals surface area contributed by atoms with Crippen molar-refractivity contribution in [2.75, 3.05) is 0 Å². The van der Waals surface area contributed by atoms with Crippen molar-refractivity contribution in [3.05, 3.63) is 29.3 Å². The third-order valence-corrected chi connectivity index (χ3v) is 8.54. The SMILES string of the molecule is CC1CCC(CCC2CCC3CC(c4cc(F)c(OC(F)F)c(F)c4)CCC3C2)CC1. The highest BCUT2D eigenvalue weighted by Crippen LogP contribution is 2.49. The van der Waals surface area contributed by atoms with Crippen molar-refractivity contribution in [2.45, 2.75) is 96.5 Å². The lowest BCUT2D eigenvalue weighted by molar-refractivity contribution is -0.0546. The lowest BCUT2D eigenvalue weighted by Crippen LogP contribution is -2.30. The first-order chi connectivity index (χ1) is 14.9. The summed E-state index contributed by atoms with van der Waals surface area (Å²) in [7, 11) is 0. The summed E-state index contributed by atoms with van der Waals surface area (Å²) < 4.78 is 57.1. The van der Waals surface area contributed by atoms with Crippen LogP contribution >= 0.6 is 0 Å². The van der Waals surface area contributed by atoms with Crippen molar-refractivity contribution in [1.82, 2.24) is 0 Å². The zero-order valence-corrected chi connectivity index (χ0v) is 18.6. The maximum absolute atomic E-state index is 14.2. The van der Waals surface area contributed by atoms with Gasteiger partial charge in [0, 0.05) is 0 Å². The van der Waals surface area contributed by atoms with Gasteiger partial charge in [0.05, 0.1) is 0 Å². The summed E-state index contributed by atoms with van der Waals surface area (Å²) in [6.07, 6.45) is 15.2. The van der Waals surface area contributed by atoms with Gasteiger partial charge in [0.1, 0.15) is 0 Å². The number of halogens is 4. The molecule has 0 bridgehead atoms. The zero-order chi connectivity index (χ0) is 22.0. The second-order valence-electron chi connectivity index (χ2n) is 10.6. The van der Waals surface area contributed by atoms with Gasteiger partial charge in [0.25, 0.3) is 0 Å². The Morgan fingerprint density at radius 3 is 2.06 bits per heavy atom. The predicted molar refractivity (Wildman–Crippen MR) is 114 cm³/mol. The van der Waals surface area contributed by atoms with E-state index in [4.69, 9.17) is 0 Å². The maximum atomic E-state index is 14.2. The molecule has 0 aromatic heterocycles. The summed E-state index contributed by atoms with van der Waals surface area (Å²) in [4.78, 5) is 0. The number of fused-ring (bicyclic) bond motifs is 1. The Kier molecular flexibility index (Phi) is 7.48. The lowest BCUT2D eigenvalue weighted by Gasteiger charge is -2.42. The van der Waals surface area contributed by atoms with Gasteiger partial charge in [-0.1, -0.05) is 51.9 Å². The summed E-state index contributed by atoms with van der Waals surface area (Å²) in [5.74, 6) is 1.12. The Bertz CT molecular complexity index is 705. The molecule has 0 amide bonds. The van der Waals surface area contributed by atoms with Gasteiger partial charge in [-0.25, -0.2) is 8.78 Å². The van der Waals surface area contributed by atoms with Crippen LogP contribution in [0.3, 0.4) is 0 Å². The summed E-state index contributed by atoms with van der Waals surface area (Å²) >= 11 is 0. The summed E-state index contributed by atoms with van der Waals surface area (Å²) in [5.41, 5.74) is 0.587. The fourth-order valence-electron chi connectivity index (χ4n) is 6.66. The van der Waals surface area contributed by atoms with E-state index >= 15 is 0 Å². The molecular formula is C26H36F4O. The molecule has 3 saturated carbocycles. The summed E-state index contributed by atoms with van der Waals surface area (Å²) in [5, 5.41) is 0. The van der Waals surface area contributed by atoms with E-state index in [9.17, 15) is 17.6 Å². The molecule has 3 fully saturated rings. The van der Waals surface area contributed by atoms with Crippen molar-refractivity contribution >= 4 is 0 Å². The highest BCUT2D eigenvalue weighted by Gasteiger charge is 2.36. The molecule has 4 atom stereocenters. The normalized spacial score (nSPS) is 33.9. The number of ether oxygens (including phenoxy) is 1. The average Bonchev–Trinajstić information content (AvgIpc) is 2.75. The van der Waals surface area contributed by atoms with Crippen LogP contribution in [0.25, 0.3) is 0 Å². The Labute approximate surface area is 183 Å². The molecule has 0 spiro atoms. The highest BCUT2D eigenvalue weighted by molar-refractivity contribution is 5.33. The molecule has 4 rings (SSSR count). The smallest absolute Gasteiger partial charge is 0.387 e. The van der Waals surface area contributed by atoms with Crippen LogP contribution in [0.5, 0.6) is 5.75 Å². The van der Waals surface area contributed by atoms with Crippen molar-refractivity contribution in [1.29, 1.82) is 0 Å². The first-order valence-electron chi connectivity index (χ1n) is 12.3. The second kappa shape index (κ2) is 10.1. The number of rotatable bonds is 6. The van der Waals surface area contributed by atoms with E-state index in [-0.39, 0.29) is 5.92 Å². The number of benzene rings is 1. The van der Waals surface area contributed by atoms with Crippen LogP contribution in [0.15, 0.2) is 12.1 Å². The highest BCUT2D eigenvalue weighted by atomic mass is 19.3. The van der Waals surface area contributed by atoms with Gasteiger partial charge in [0.15, 0.2) is 17.4 Å². The molecule has 0 N–H and O–H groups in total. The molecule has 3 aliphatic rings. The van der Waals surface area contributed by atoms with Crippen LogP contribution in [0, 0.1) is 41.2 Å². The predicted octanol–water partition coefficient (Wildman–Crippen LogP) is 8.47. The zero-order valence-electron chi connectivity index (χ0n) is 18.6. The molecule has 0 radical (unpaired) electrons. The van der Waals surface area contributed by atoms with Gasteiger partial charge in [-0.2, -0.15) is 8.78 Å². The molecule has 0 aliphatic heterocycles. The lowest BCUT2D eigenvalue weighted by atomic mass is 9.63. The molecule has 174 valence electrons. The summed E-state index contributed by atoms with van der Waals surface area (Å²) in [6.45, 7) is -0.857. The van der Waals surface area contributed by atoms with Crippen LogP contribution in [0.4, 0.5) is 17.6 Å². The largest absolute Gasteiger partial charge is 0.429 e. The molecule has 5 heteroatoms. The molecule has 4 unspecified atom stereocenters. The topological polar surface area (TPSA) is 9.23 Å². The molecular weight excluding hydrogens is 404 g/mol. The van der Waals surface area contributed by atoms with Crippen molar-refractivity contribution in [3.63, 3.8) is 0 Å². The molecule has 31 heavy (non-hydrogen) atoms. The number of hydrogen-bond acceptors (Lipinski definition) is 1. The van der Waals surface area contributed by atoms with E-state index in [0.717, 1.165) is 42.9 Å². The van der Waals surface area contributed by atoms with Crippen LogP contribution in [0.2, 0.25) is 0 Å². The average molecular weight is 441 g/mol. The fraction of sp³-hybridized carbons (Fsp3) is 0.769. The van der Waals surface area contributed by atoms with E-state index in [2.05, 4.69) is 11.7 Å². The van der Waals surface area contributed by atoms with Crippen molar-refractivity contribution < 1.29 is 22.3 Å². The molecule has 3 aliphatic carbocycles. The maximum Gasteiger partial charge on any atom is 0.387 e. The van der Waals surface area contributed by atoms with Gasteiger partial charge in [-0.3, -0.25) is 0 Å². The number of hydrogen-bond donors (Lipinski definition) is 0. The minimum atomic E-state index is -3.23. The van der Waals surface area contributed by atoms with Gasteiger partial charge < -0.3 is 4.74 Å². The van der Waals surface area contributed by atoms with Crippen LogP contribution in [0.1, 0.15) is 95.5 Å². The van der Waals surface area contributed by atoms with Gasteiger partial charge in [-0.15, -0.1) is 0 Å². The minimum Gasteiger partial charge on any atom is -0.429 e. The van der Waals surface area contributed by atoms with Crippen LogP contribution < -0.4 is 4.74 Å². The Balaban J connectivity index is 1.29. The van der Waals surface area contributed by atoms with Crippen molar-refractivity contribution in [3.8, 4) is 5.75 Å². The minimum absolute atomic E-state index is 0.103. The first-order valence-corrected chi connectivity index (χ1v) is 12.3. The van der Waals surface area contributed by atoms with Crippen molar-refractivity contribution in [2.24, 2.45) is 29.6 Å². The third kappa shape index (κ3) is 5.76. The second-order valence-corrected chi connectivity index (χ2v) is 10.6. The van der Waals surface area contributed by atoms with Gasteiger partial charge >= 0.3 is 6.61 Å². The molecule has 0 heterocycles. The molecule has 1 aromatic carbocycles. The standard InChI is InChI=1S/C26H36F4O/c1-16-2-4-17(5-3-16)6-7-18-8-9-20-13-21(11-10-19(20)12-18)22-14-23(27)25(24(28)15-22)31-26(29)30/h14-21,26H,2-13H2,1H3. The van der Waals surface area contributed by atoms with E-state index < -0.39 is 24.0 Å². The van der Waals surface area contributed by atoms with E-state index in [1.807, 2.05) is 0 Å². The van der Waals surface area contributed by atoms with Gasteiger partial charge in [-0.05, 0) is 85.3 Å². The Morgan fingerprint density at radius 2 is 1.39 bits per heavy atom. The molecule has 1 nitrogen and oxygen atoms in total. The summed E-state index contributed by atoms with van der Waals surface area (Å²) in [6, 6.07) is 2.39. The van der Waals surface area contributed by atoms with E-state index in [0.29, 0.717) is 11.5 Å². The molecule has 1 aromatic rings.